The fraction of sp³-hybridized carbons (Fsp3) is 0.308. The van der Waals surface area contributed by atoms with Crippen LogP contribution in [0.1, 0.15) is 30.4 Å². The van der Waals surface area contributed by atoms with Crippen LogP contribution < -0.4 is 15.0 Å². The lowest BCUT2D eigenvalue weighted by Gasteiger charge is -2.38. The van der Waals surface area contributed by atoms with Crippen molar-refractivity contribution in [3.05, 3.63) is 89.7 Å². The molecule has 4 heteroatoms. The largest absolute Gasteiger partial charge is 0.487 e. The lowest BCUT2D eigenvalue weighted by molar-refractivity contribution is 0.310. The number of aryl methyl sites for hydroxylation is 1. The smallest absolute Gasteiger partial charge is 0.143 e. The summed E-state index contributed by atoms with van der Waals surface area (Å²) in [7, 11) is 0. The maximum absolute atomic E-state index is 13.4. The zero-order chi connectivity index (χ0) is 20.3. The maximum atomic E-state index is 13.4. The number of nitrogens with one attached hydrogen (secondary N) is 1. The molecule has 30 heavy (non-hydrogen) atoms. The Morgan fingerprint density at radius 3 is 2.53 bits per heavy atom. The molecule has 1 N–H and O–H groups in total. The first-order chi connectivity index (χ1) is 14.8. The van der Waals surface area contributed by atoms with Gasteiger partial charge >= 0.3 is 0 Å². The van der Waals surface area contributed by atoms with Gasteiger partial charge in [0.2, 0.25) is 0 Å². The van der Waals surface area contributed by atoms with Crippen molar-refractivity contribution in [1.29, 1.82) is 0 Å². The van der Waals surface area contributed by atoms with E-state index in [0.29, 0.717) is 12.6 Å². The molecule has 154 valence electrons. The molecule has 1 saturated heterocycles. The van der Waals surface area contributed by atoms with Gasteiger partial charge in [0, 0.05) is 23.3 Å². The van der Waals surface area contributed by atoms with Crippen molar-refractivity contribution in [1.82, 2.24) is 5.32 Å². The van der Waals surface area contributed by atoms with E-state index in [-0.39, 0.29) is 11.9 Å². The van der Waals surface area contributed by atoms with Gasteiger partial charge in [0.05, 0.1) is 5.69 Å². The molecule has 5 rings (SSSR count). The fourth-order valence-electron chi connectivity index (χ4n) is 4.80. The number of anilines is 2. The normalized spacial score (nSPS) is 18.8. The molecular weight excluding hydrogens is 375 g/mol. The average molecular weight is 403 g/mol. The van der Waals surface area contributed by atoms with Gasteiger partial charge in [-0.2, -0.15) is 0 Å². The monoisotopic (exact) mass is 402 g/mol. The van der Waals surface area contributed by atoms with Gasteiger partial charge in [0.15, 0.2) is 0 Å². The number of hydrogen-bond donors (Lipinski definition) is 1. The van der Waals surface area contributed by atoms with E-state index in [1.807, 2.05) is 18.2 Å². The SMILES string of the molecule is Fc1ccc(CCC(C2CCCN2)N2c3ccccc3COc3ccccc32)cc1. The van der Waals surface area contributed by atoms with E-state index in [4.69, 9.17) is 4.74 Å². The Hall–Kier alpha value is -2.85. The lowest BCUT2D eigenvalue weighted by atomic mass is 9.95. The molecule has 2 atom stereocenters. The first-order valence-corrected chi connectivity index (χ1v) is 10.9. The van der Waals surface area contributed by atoms with E-state index in [0.717, 1.165) is 37.2 Å². The highest BCUT2D eigenvalue weighted by molar-refractivity contribution is 5.73. The number of hydrogen-bond acceptors (Lipinski definition) is 3. The van der Waals surface area contributed by atoms with Crippen molar-refractivity contribution in [3.8, 4) is 5.75 Å². The van der Waals surface area contributed by atoms with Crippen molar-refractivity contribution >= 4 is 11.4 Å². The van der Waals surface area contributed by atoms with Crippen LogP contribution >= 0.6 is 0 Å². The van der Waals surface area contributed by atoms with Crippen molar-refractivity contribution < 1.29 is 9.13 Å². The molecule has 0 aliphatic carbocycles. The van der Waals surface area contributed by atoms with Gasteiger partial charge in [-0.25, -0.2) is 4.39 Å². The van der Waals surface area contributed by atoms with Gasteiger partial charge in [-0.05, 0) is 68.1 Å². The van der Waals surface area contributed by atoms with Gasteiger partial charge in [0.1, 0.15) is 18.2 Å². The number of rotatable bonds is 5. The molecule has 0 amide bonds. The predicted octanol–water partition coefficient (Wildman–Crippen LogP) is 5.61. The second kappa shape index (κ2) is 8.49. The minimum absolute atomic E-state index is 0.180. The Balaban J connectivity index is 1.55. The number of para-hydroxylation sites is 3. The molecule has 3 aromatic carbocycles. The minimum Gasteiger partial charge on any atom is -0.487 e. The second-order valence-corrected chi connectivity index (χ2v) is 8.19. The van der Waals surface area contributed by atoms with E-state index >= 15 is 0 Å². The minimum atomic E-state index is -0.180. The van der Waals surface area contributed by atoms with Gasteiger partial charge in [-0.15, -0.1) is 0 Å². The molecule has 2 aliphatic heterocycles. The average Bonchev–Trinajstić information content (AvgIpc) is 3.26. The zero-order valence-corrected chi connectivity index (χ0v) is 17.1. The summed E-state index contributed by atoms with van der Waals surface area (Å²) in [6, 6.07) is 24.5. The highest BCUT2D eigenvalue weighted by atomic mass is 19.1. The molecule has 2 heterocycles. The highest BCUT2D eigenvalue weighted by Crippen LogP contribution is 2.42. The van der Waals surface area contributed by atoms with E-state index in [1.165, 1.54) is 23.2 Å². The third-order valence-corrected chi connectivity index (χ3v) is 6.30. The van der Waals surface area contributed by atoms with E-state index < -0.39 is 0 Å². The fourth-order valence-corrected chi connectivity index (χ4v) is 4.80. The Morgan fingerprint density at radius 2 is 1.73 bits per heavy atom. The molecule has 0 spiro atoms. The zero-order valence-electron chi connectivity index (χ0n) is 17.1. The van der Waals surface area contributed by atoms with Gasteiger partial charge < -0.3 is 15.0 Å². The predicted molar refractivity (Wildman–Crippen MR) is 119 cm³/mol. The van der Waals surface area contributed by atoms with Crippen molar-refractivity contribution in [2.45, 2.75) is 44.4 Å². The van der Waals surface area contributed by atoms with Crippen LogP contribution in [0, 0.1) is 5.82 Å². The molecule has 1 fully saturated rings. The molecule has 2 unspecified atom stereocenters. The molecule has 3 nitrogen and oxygen atoms in total. The number of nitrogens with zero attached hydrogens (tertiary/aromatic N) is 1. The maximum Gasteiger partial charge on any atom is 0.143 e. The summed E-state index contributed by atoms with van der Waals surface area (Å²) in [6.45, 7) is 1.64. The van der Waals surface area contributed by atoms with Crippen molar-refractivity contribution in [3.63, 3.8) is 0 Å². The Kier molecular flexibility index (Phi) is 5.41. The second-order valence-electron chi connectivity index (χ2n) is 8.19. The lowest BCUT2D eigenvalue weighted by Crippen LogP contribution is -2.46. The summed E-state index contributed by atoms with van der Waals surface area (Å²) in [5, 5.41) is 3.74. The highest BCUT2D eigenvalue weighted by Gasteiger charge is 2.34. The topological polar surface area (TPSA) is 24.5 Å². The molecule has 2 aliphatic rings. The van der Waals surface area contributed by atoms with Crippen LogP contribution in [0.25, 0.3) is 0 Å². The number of benzene rings is 3. The van der Waals surface area contributed by atoms with Crippen LogP contribution in [0.2, 0.25) is 0 Å². The van der Waals surface area contributed by atoms with Crippen molar-refractivity contribution in [2.75, 3.05) is 11.4 Å². The Morgan fingerprint density at radius 1 is 0.967 bits per heavy atom. The standard InChI is InChI=1S/C26H27FN2O/c27-21-14-11-19(12-15-21)13-16-24(22-7-5-17-28-22)29-23-8-2-1-6-20(23)18-30-26-10-4-3-9-25(26)29/h1-4,6,8-12,14-15,22,24,28H,5,7,13,16-18H2. The van der Waals surface area contributed by atoms with Gasteiger partial charge in [-0.3, -0.25) is 0 Å². The molecule has 0 bridgehead atoms. The van der Waals surface area contributed by atoms with Crippen LogP contribution in [-0.4, -0.2) is 18.6 Å². The summed E-state index contributed by atoms with van der Waals surface area (Å²) in [5.41, 5.74) is 4.73. The summed E-state index contributed by atoms with van der Waals surface area (Å²) >= 11 is 0. The molecule has 0 saturated carbocycles. The van der Waals surface area contributed by atoms with Crippen molar-refractivity contribution in [2.24, 2.45) is 0 Å². The van der Waals surface area contributed by atoms with E-state index in [9.17, 15) is 4.39 Å². The van der Waals surface area contributed by atoms with Crippen LogP contribution in [0.15, 0.2) is 72.8 Å². The van der Waals surface area contributed by atoms with Crippen LogP contribution in [0.3, 0.4) is 0 Å². The molecule has 3 aromatic rings. The molecule has 0 aromatic heterocycles. The van der Waals surface area contributed by atoms with Gasteiger partial charge in [0.25, 0.3) is 0 Å². The third kappa shape index (κ3) is 3.80. The number of ether oxygens (including phenoxy) is 1. The quantitative estimate of drug-likeness (QED) is 0.600. The van der Waals surface area contributed by atoms with E-state index in [1.54, 1.807) is 12.1 Å². The molecular formula is C26H27FN2O. The summed E-state index contributed by atoms with van der Waals surface area (Å²) in [4.78, 5) is 2.49. The van der Waals surface area contributed by atoms with Gasteiger partial charge in [-0.1, -0.05) is 42.5 Å². The first-order valence-electron chi connectivity index (χ1n) is 10.9. The summed E-state index contributed by atoms with van der Waals surface area (Å²) in [6.07, 6.45) is 4.25. The van der Waals surface area contributed by atoms with Crippen LogP contribution in [0.4, 0.5) is 15.8 Å². The molecule has 0 radical (unpaired) electrons. The first kappa shape index (κ1) is 19.1. The summed E-state index contributed by atoms with van der Waals surface area (Å²) in [5.74, 6) is 0.749. The Bertz CT molecular complexity index is 950. The van der Waals surface area contributed by atoms with Crippen LogP contribution in [0.5, 0.6) is 5.75 Å². The van der Waals surface area contributed by atoms with Crippen LogP contribution in [-0.2, 0) is 13.0 Å². The Labute approximate surface area is 177 Å². The van der Waals surface area contributed by atoms with E-state index in [2.05, 4.69) is 52.7 Å². The third-order valence-electron chi connectivity index (χ3n) is 6.30. The number of halogens is 1. The summed E-state index contributed by atoms with van der Waals surface area (Å²) < 4.78 is 19.6. The number of fused-ring (bicyclic) bond motifs is 2.